The maximum Gasteiger partial charge on any atom is 0.133 e. The van der Waals surface area contributed by atoms with Crippen LogP contribution in [0.5, 0.6) is 0 Å². The Labute approximate surface area is 104 Å². The Morgan fingerprint density at radius 3 is 2.62 bits per heavy atom. The molecule has 16 heavy (non-hydrogen) atoms. The van der Waals surface area contributed by atoms with E-state index < -0.39 is 0 Å². The molecule has 1 aliphatic heterocycles. The van der Waals surface area contributed by atoms with Crippen LogP contribution >= 0.6 is 15.9 Å². The van der Waals surface area contributed by atoms with Gasteiger partial charge in [0.2, 0.25) is 0 Å². The van der Waals surface area contributed by atoms with Crippen LogP contribution in [0, 0.1) is 6.92 Å². The third-order valence-corrected chi connectivity index (χ3v) is 3.30. The summed E-state index contributed by atoms with van der Waals surface area (Å²) in [5.74, 6) is 1.81. The van der Waals surface area contributed by atoms with Gasteiger partial charge in [0, 0.05) is 26.3 Å². The largest absolute Gasteiger partial charge is 0.381 e. The molecule has 0 spiro atoms. The fourth-order valence-electron chi connectivity index (χ4n) is 2.00. The van der Waals surface area contributed by atoms with Gasteiger partial charge in [-0.25, -0.2) is 9.97 Å². The quantitative estimate of drug-likeness (QED) is 0.781. The Balaban J connectivity index is 2.08. The lowest BCUT2D eigenvalue weighted by molar-refractivity contribution is 0.0818. The van der Waals surface area contributed by atoms with Crippen LogP contribution in [0.4, 0.5) is 5.82 Å². The van der Waals surface area contributed by atoms with Crippen molar-refractivity contribution in [1.29, 1.82) is 0 Å². The molecule has 0 aliphatic carbocycles. The molecule has 4 nitrogen and oxygen atoms in total. The maximum atomic E-state index is 5.35. The highest BCUT2D eigenvalue weighted by Gasteiger charge is 2.20. The average molecular weight is 286 g/mol. The van der Waals surface area contributed by atoms with Gasteiger partial charge in [0.15, 0.2) is 0 Å². The van der Waals surface area contributed by atoms with Gasteiger partial charge < -0.3 is 9.64 Å². The number of nitrogens with zero attached hydrogens (tertiary/aromatic N) is 3. The number of hydrogen-bond donors (Lipinski definition) is 0. The minimum Gasteiger partial charge on any atom is -0.381 e. The predicted molar refractivity (Wildman–Crippen MR) is 66.7 cm³/mol. The van der Waals surface area contributed by atoms with Gasteiger partial charge in [0.25, 0.3) is 0 Å². The molecule has 0 bridgehead atoms. The molecule has 0 N–H and O–H groups in total. The fraction of sp³-hybridized carbons (Fsp3) is 0.636. The van der Waals surface area contributed by atoms with Crippen LogP contribution in [0.1, 0.15) is 18.7 Å². The van der Waals surface area contributed by atoms with Gasteiger partial charge in [-0.1, -0.05) is 0 Å². The number of rotatable bonds is 2. The molecule has 0 saturated carbocycles. The topological polar surface area (TPSA) is 38.2 Å². The van der Waals surface area contributed by atoms with Gasteiger partial charge in [0.1, 0.15) is 16.2 Å². The van der Waals surface area contributed by atoms with Gasteiger partial charge in [-0.3, -0.25) is 0 Å². The first kappa shape index (κ1) is 11.8. The Morgan fingerprint density at radius 1 is 1.38 bits per heavy atom. The molecule has 0 amide bonds. The van der Waals surface area contributed by atoms with Crippen LogP contribution in [0.2, 0.25) is 0 Å². The molecular weight excluding hydrogens is 270 g/mol. The van der Waals surface area contributed by atoms with Crippen LogP contribution in [-0.4, -0.2) is 36.3 Å². The van der Waals surface area contributed by atoms with Crippen molar-refractivity contribution in [3.8, 4) is 0 Å². The molecule has 88 valence electrons. The lowest BCUT2D eigenvalue weighted by Crippen LogP contribution is -2.37. The van der Waals surface area contributed by atoms with E-state index in [0.717, 1.165) is 42.2 Å². The predicted octanol–water partition coefficient (Wildman–Crippen LogP) is 2.16. The molecule has 2 rings (SSSR count). The fourth-order valence-corrected chi connectivity index (χ4v) is 2.46. The number of halogens is 1. The number of aryl methyl sites for hydroxylation is 1. The summed E-state index contributed by atoms with van der Waals surface area (Å²) in [6.45, 7) is 3.92. The van der Waals surface area contributed by atoms with Crippen LogP contribution in [0.3, 0.4) is 0 Å². The van der Waals surface area contributed by atoms with Crippen molar-refractivity contribution in [1.82, 2.24) is 9.97 Å². The van der Waals surface area contributed by atoms with Gasteiger partial charge in [-0.2, -0.15) is 0 Å². The number of piperidine rings is 1. The Bertz CT molecular complexity index is 344. The van der Waals surface area contributed by atoms with Crippen molar-refractivity contribution in [2.24, 2.45) is 0 Å². The van der Waals surface area contributed by atoms with Crippen molar-refractivity contribution >= 4 is 21.7 Å². The molecular formula is C11H16BrN3O. The highest BCUT2D eigenvalue weighted by molar-refractivity contribution is 9.10. The van der Waals surface area contributed by atoms with Crippen LogP contribution in [0.25, 0.3) is 0 Å². The Morgan fingerprint density at radius 2 is 2.06 bits per heavy atom. The summed E-state index contributed by atoms with van der Waals surface area (Å²) in [7, 11) is 1.78. The minimum atomic E-state index is 0.405. The number of ether oxygens (including phenoxy) is 1. The zero-order chi connectivity index (χ0) is 11.5. The second-order valence-corrected chi connectivity index (χ2v) is 4.83. The Kier molecular flexibility index (Phi) is 3.76. The van der Waals surface area contributed by atoms with Crippen molar-refractivity contribution < 1.29 is 4.74 Å². The molecule has 0 atom stereocenters. The van der Waals surface area contributed by atoms with Gasteiger partial charge in [-0.05, 0) is 35.7 Å². The summed E-state index contributed by atoms with van der Waals surface area (Å²) in [5, 5.41) is 0. The summed E-state index contributed by atoms with van der Waals surface area (Å²) in [4.78, 5) is 11.0. The van der Waals surface area contributed by atoms with Crippen LogP contribution in [0.15, 0.2) is 10.7 Å². The van der Waals surface area contributed by atoms with E-state index in [1.807, 2.05) is 13.0 Å². The SMILES string of the molecule is COC1CCN(c2cc(Br)nc(C)n2)CC1. The first-order valence-corrected chi connectivity index (χ1v) is 6.27. The summed E-state index contributed by atoms with van der Waals surface area (Å²) in [6.07, 6.45) is 2.54. The van der Waals surface area contributed by atoms with Crippen molar-refractivity contribution in [3.05, 3.63) is 16.5 Å². The normalized spacial score (nSPS) is 17.8. The molecule has 0 unspecified atom stereocenters. The first-order chi connectivity index (χ1) is 7.69. The van der Waals surface area contributed by atoms with Gasteiger partial charge in [0.05, 0.1) is 6.10 Å². The lowest BCUT2D eigenvalue weighted by atomic mass is 10.1. The molecule has 2 heterocycles. The van der Waals surface area contributed by atoms with Crippen molar-refractivity contribution in [2.45, 2.75) is 25.9 Å². The average Bonchev–Trinajstić information content (AvgIpc) is 2.28. The smallest absolute Gasteiger partial charge is 0.133 e. The van der Waals surface area contributed by atoms with E-state index in [-0.39, 0.29) is 0 Å². The molecule has 5 heteroatoms. The van der Waals surface area contributed by atoms with E-state index in [2.05, 4.69) is 30.8 Å². The van der Waals surface area contributed by atoms with Crippen molar-refractivity contribution in [3.63, 3.8) is 0 Å². The van der Waals surface area contributed by atoms with E-state index in [1.54, 1.807) is 7.11 Å². The van der Waals surface area contributed by atoms with Crippen molar-refractivity contribution in [2.75, 3.05) is 25.1 Å². The number of aromatic nitrogens is 2. The highest BCUT2D eigenvalue weighted by Crippen LogP contribution is 2.21. The summed E-state index contributed by atoms with van der Waals surface area (Å²) in [6, 6.07) is 1.97. The molecule has 0 aromatic carbocycles. The van der Waals surface area contributed by atoms with Crippen LogP contribution < -0.4 is 4.90 Å². The maximum absolute atomic E-state index is 5.35. The molecule has 1 aromatic heterocycles. The van der Waals surface area contributed by atoms with Crippen LogP contribution in [-0.2, 0) is 4.74 Å². The zero-order valence-corrected chi connectivity index (χ0v) is 11.2. The molecule has 0 radical (unpaired) electrons. The number of methoxy groups -OCH3 is 1. The second-order valence-electron chi connectivity index (χ2n) is 4.02. The zero-order valence-electron chi connectivity index (χ0n) is 9.61. The van der Waals surface area contributed by atoms with E-state index >= 15 is 0 Å². The van der Waals surface area contributed by atoms with E-state index in [4.69, 9.17) is 4.74 Å². The first-order valence-electron chi connectivity index (χ1n) is 5.48. The third-order valence-electron chi connectivity index (χ3n) is 2.89. The molecule has 1 aromatic rings. The summed E-state index contributed by atoms with van der Waals surface area (Å²) >= 11 is 3.40. The molecule has 1 aliphatic rings. The summed E-state index contributed by atoms with van der Waals surface area (Å²) < 4.78 is 6.20. The van der Waals surface area contributed by atoms with E-state index in [1.165, 1.54) is 0 Å². The monoisotopic (exact) mass is 285 g/mol. The molecule has 1 saturated heterocycles. The van der Waals surface area contributed by atoms with E-state index in [9.17, 15) is 0 Å². The standard InChI is InChI=1S/C11H16BrN3O/c1-8-13-10(12)7-11(14-8)15-5-3-9(16-2)4-6-15/h7,9H,3-6H2,1-2H3. The Hall–Kier alpha value is -0.680. The lowest BCUT2D eigenvalue weighted by Gasteiger charge is -2.32. The van der Waals surface area contributed by atoms with E-state index in [0.29, 0.717) is 6.10 Å². The number of anilines is 1. The van der Waals surface area contributed by atoms with Gasteiger partial charge >= 0.3 is 0 Å². The second kappa shape index (κ2) is 5.10. The van der Waals surface area contributed by atoms with Gasteiger partial charge in [-0.15, -0.1) is 0 Å². The minimum absolute atomic E-state index is 0.405. The third kappa shape index (κ3) is 2.71. The number of hydrogen-bond acceptors (Lipinski definition) is 4. The summed E-state index contributed by atoms with van der Waals surface area (Å²) in [5.41, 5.74) is 0. The highest BCUT2D eigenvalue weighted by atomic mass is 79.9. The molecule has 1 fully saturated rings.